The average molecular weight is 202 g/mol. The second kappa shape index (κ2) is 3.30. The zero-order chi connectivity index (χ0) is 11.1. The third kappa shape index (κ3) is 1.32. The first kappa shape index (κ1) is 10.1. The van der Waals surface area contributed by atoms with Crippen LogP contribution in [0.4, 0.5) is 0 Å². The molecule has 0 amide bonds. The molecule has 0 spiro atoms. The minimum absolute atomic E-state index is 0.0775. The molecule has 0 aliphatic heterocycles. The fourth-order valence-electron chi connectivity index (χ4n) is 2.43. The van der Waals surface area contributed by atoms with Crippen molar-refractivity contribution >= 4 is 12.1 Å². The predicted molar refractivity (Wildman–Crippen MR) is 57.5 cm³/mol. The highest BCUT2D eigenvalue weighted by Crippen LogP contribution is 2.63. The lowest BCUT2D eigenvalue weighted by Gasteiger charge is -2.05. The van der Waals surface area contributed by atoms with Gasteiger partial charge in [-0.3, -0.25) is 4.79 Å². The third-order valence-electron chi connectivity index (χ3n) is 3.65. The number of hydrogen-bond donors (Lipinski definition) is 0. The molecule has 15 heavy (non-hydrogen) atoms. The van der Waals surface area contributed by atoms with Crippen LogP contribution in [-0.4, -0.2) is 12.1 Å². The molecule has 78 valence electrons. The van der Waals surface area contributed by atoms with Crippen LogP contribution >= 0.6 is 0 Å². The molecule has 0 unspecified atom stereocenters. The van der Waals surface area contributed by atoms with Gasteiger partial charge in [0.15, 0.2) is 0 Å². The van der Waals surface area contributed by atoms with Gasteiger partial charge >= 0.3 is 0 Å². The molecule has 0 bridgehead atoms. The Kier molecular flexibility index (Phi) is 2.22. The van der Waals surface area contributed by atoms with Crippen molar-refractivity contribution in [2.45, 2.75) is 19.8 Å². The smallest absolute Gasteiger partial charge is 0.137 e. The molecule has 1 aliphatic rings. The molecule has 1 aromatic rings. The molecule has 0 N–H and O–H groups in total. The van der Waals surface area contributed by atoms with Crippen molar-refractivity contribution in [2.75, 3.05) is 0 Å². The maximum Gasteiger partial charge on any atom is 0.137 e. The van der Waals surface area contributed by atoms with E-state index in [1.54, 1.807) is 6.92 Å². The van der Waals surface area contributed by atoms with Crippen LogP contribution in [0.2, 0.25) is 0 Å². The maximum absolute atomic E-state index is 11.5. The monoisotopic (exact) mass is 202 g/mol. The number of ketones is 1. The van der Waals surface area contributed by atoms with Gasteiger partial charge < -0.3 is 4.79 Å². The highest BCUT2D eigenvalue weighted by Gasteiger charge is 2.64. The molecule has 0 heterocycles. The van der Waals surface area contributed by atoms with Gasteiger partial charge in [-0.2, -0.15) is 0 Å². The Morgan fingerprint density at radius 1 is 1.33 bits per heavy atom. The van der Waals surface area contributed by atoms with Crippen LogP contribution in [0.25, 0.3) is 0 Å². The van der Waals surface area contributed by atoms with E-state index >= 15 is 0 Å². The number of carbonyl (C=O) groups is 2. The fraction of sp³-hybridized carbons (Fsp3) is 0.385. The minimum Gasteiger partial charge on any atom is -0.303 e. The number of benzene rings is 1. The Morgan fingerprint density at radius 2 is 1.93 bits per heavy atom. The van der Waals surface area contributed by atoms with Gasteiger partial charge in [0.25, 0.3) is 0 Å². The molecule has 0 saturated heterocycles. The average Bonchev–Trinajstić information content (AvgIpc) is 2.87. The lowest BCUT2D eigenvalue weighted by Crippen LogP contribution is -2.11. The van der Waals surface area contributed by atoms with Crippen molar-refractivity contribution < 1.29 is 9.59 Å². The van der Waals surface area contributed by atoms with Crippen LogP contribution in [0.3, 0.4) is 0 Å². The third-order valence-corrected chi connectivity index (χ3v) is 3.65. The Morgan fingerprint density at radius 3 is 2.33 bits per heavy atom. The number of rotatable bonds is 3. The molecule has 0 aromatic heterocycles. The van der Waals surface area contributed by atoms with Crippen molar-refractivity contribution in [1.29, 1.82) is 0 Å². The summed E-state index contributed by atoms with van der Waals surface area (Å²) in [6.45, 7) is 3.45. The van der Waals surface area contributed by atoms with Gasteiger partial charge in [0.05, 0.1) is 0 Å². The minimum atomic E-state index is -0.469. The van der Waals surface area contributed by atoms with Gasteiger partial charge in [-0.25, -0.2) is 0 Å². The summed E-state index contributed by atoms with van der Waals surface area (Å²) in [5, 5.41) is 0. The fourth-order valence-corrected chi connectivity index (χ4v) is 2.43. The van der Waals surface area contributed by atoms with E-state index in [1.807, 2.05) is 37.3 Å². The first-order valence-corrected chi connectivity index (χ1v) is 5.13. The molecule has 2 heteroatoms. The topological polar surface area (TPSA) is 34.1 Å². The van der Waals surface area contributed by atoms with Gasteiger partial charge in [0.2, 0.25) is 0 Å². The molecular weight excluding hydrogens is 188 g/mol. The quantitative estimate of drug-likeness (QED) is 0.704. The van der Waals surface area contributed by atoms with Crippen molar-refractivity contribution in [2.24, 2.45) is 11.3 Å². The maximum atomic E-state index is 11.5. The van der Waals surface area contributed by atoms with E-state index < -0.39 is 5.41 Å². The second-order valence-electron chi connectivity index (χ2n) is 4.39. The summed E-state index contributed by atoms with van der Waals surface area (Å²) in [6.07, 6.45) is 0.916. The van der Waals surface area contributed by atoms with Gasteiger partial charge in [0.1, 0.15) is 12.1 Å². The lowest BCUT2D eigenvalue weighted by atomic mass is 9.97. The first-order chi connectivity index (χ1) is 7.12. The Labute approximate surface area is 89.3 Å². The summed E-state index contributed by atoms with van der Waals surface area (Å²) in [7, 11) is 0. The van der Waals surface area contributed by atoms with Gasteiger partial charge in [-0.15, -0.1) is 0 Å². The van der Waals surface area contributed by atoms with Crippen LogP contribution in [-0.2, 0) is 9.59 Å². The van der Waals surface area contributed by atoms with E-state index in [2.05, 4.69) is 0 Å². The van der Waals surface area contributed by atoms with Crippen LogP contribution in [0, 0.1) is 11.3 Å². The predicted octanol–water partition coefficient (Wildman–Crippen LogP) is 2.19. The van der Waals surface area contributed by atoms with E-state index in [0.29, 0.717) is 0 Å². The molecule has 2 rings (SSSR count). The Bertz CT molecular complexity index is 396. The molecule has 1 aromatic carbocycles. The summed E-state index contributed by atoms with van der Waals surface area (Å²) in [5.41, 5.74) is 0.621. The van der Waals surface area contributed by atoms with Crippen LogP contribution < -0.4 is 0 Å². The zero-order valence-electron chi connectivity index (χ0n) is 8.94. The van der Waals surface area contributed by atoms with E-state index in [-0.39, 0.29) is 17.6 Å². The van der Waals surface area contributed by atoms with Crippen molar-refractivity contribution in [3.63, 3.8) is 0 Å². The number of Topliss-reactive ketones (excluding diaryl/α,β-unsaturated/α-hetero) is 1. The molecule has 1 aliphatic carbocycles. The number of aldehydes is 1. The molecule has 1 saturated carbocycles. The van der Waals surface area contributed by atoms with E-state index in [9.17, 15) is 9.59 Å². The summed E-state index contributed by atoms with van der Waals surface area (Å²) < 4.78 is 0. The molecule has 3 atom stereocenters. The van der Waals surface area contributed by atoms with Gasteiger partial charge in [0, 0.05) is 17.3 Å². The molecular formula is C13H14O2. The van der Waals surface area contributed by atoms with E-state index in [1.165, 1.54) is 0 Å². The Balaban J connectivity index is 2.34. The molecule has 1 fully saturated rings. The van der Waals surface area contributed by atoms with Crippen LogP contribution in [0.5, 0.6) is 0 Å². The molecule has 0 radical (unpaired) electrons. The summed E-state index contributed by atoms with van der Waals surface area (Å²) in [4.78, 5) is 22.4. The van der Waals surface area contributed by atoms with Crippen LogP contribution in [0.1, 0.15) is 25.3 Å². The van der Waals surface area contributed by atoms with Crippen molar-refractivity contribution in [1.82, 2.24) is 0 Å². The second-order valence-corrected chi connectivity index (χ2v) is 4.39. The highest BCUT2D eigenvalue weighted by molar-refractivity contribution is 5.92. The standard InChI is InChI=1S/C13H14O2/c1-9(15)13(2)11(8-14)12(13)10-6-4-3-5-7-10/h3-8,11-12H,1-2H3/t11-,12-,13+/m1/s1. The number of hydrogen-bond acceptors (Lipinski definition) is 2. The summed E-state index contributed by atoms with van der Waals surface area (Å²) in [6, 6.07) is 9.78. The normalized spacial score (nSPS) is 33.5. The van der Waals surface area contributed by atoms with E-state index in [4.69, 9.17) is 0 Å². The SMILES string of the molecule is CC(=O)[C@@]1(C)[C@H](C=O)[C@H]1c1ccccc1. The van der Waals surface area contributed by atoms with Crippen molar-refractivity contribution in [3.8, 4) is 0 Å². The largest absolute Gasteiger partial charge is 0.303 e. The van der Waals surface area contributed by atoms with Gasteiger partial charge in [-0.05, 0) is 12.5 Å². The molecule has 2 nitrogen and oxygen atoms in total. The van der Waals surface area contributed by atoms with Crippen LogP contribution in [0.15, 0.2) is 30.3 Å². The summed E-state index contributed by atoms with van der Waals surface area (Å²) in [5.74, 6) is 0.0413. The Hall–Kier alpha value is -1.44. The highest BCUT2D eigenvalue weighted by atomic mass is 16.1. The summed E-state index contributed by atoms with van der Waals surface area (Å²) >= 11 is 0. The van der Waals surface area contributed by atoms with Crippen molar-refractivity contribution in [3.05, 3.63) is 35.9 Å². The number of carbonyl (C=O) groups excluding carboxylic acids is 2. The zero-order valence-corrected chi connectivity index (χ0v) is 8.94. The van der Waals surface area contributed by atoms with Gasteiger partial charge in [-0.1, -0.05) is 37.3 Å². The van der Waals surface area contributed by atoms with E-state index in [0.717, 1.165) is 11.8 Å². The lowest BCUT2D eigenvalue weighted by molar-refractivity contribution is -0.123. The first-order valence-electron chi connectivity index (χ1n) is 5.13.